The summed E-state index contributed by atoms with van der Waals surface area (Å²) in [6, 6.07) is 20.4. The molecule has 0 aliphatic carbocycles. The van der Waals surface area contributed by atoms with Crippen molar-refractivity contribution in [2.75, 3.05) is 40.5 Å². The SMILES string of the molecule is C=C(C)c1cc(C)c(C(N)=O)c(F)c1.CCC(F)(F)F.CCC/C=C\C(C)CC.CCCc1cccc2c(-c3c(OC)cc(CN4CCOCC4)cc3OC)cccc12.O=CO. The van der Waals surface area contributed by atoms with E-state index < -0.39 is 24.3 Å². The molecule has 342 valence electrons. The molecule has 1 aliphatic heterocycles. The number of nitrogens with two attached hydrogens (primary N) is 1. The number of hydrogen-bond donors (Lipinski definition) is 2. The number of primary amides is 1. The van der Waals surface area contributed by atoms with Gasteiger partial charge in [-0.15, -0.1) is 0 Å². The van der Waals surface area contributed by atoms with Crippen LogP contribution in [0.3, 0.4) is 0 Å². The summed E-state index contributed by atoms with van der Waals surface area (Å²) in [6.07, 6.45) is 5.89. The number of rotatable bonds is 13. The average Bonchev–Trinajstić information content (AvgIpc) is 3.24. The van der Waals surface area contributed by atoms with Crippen LogP contribution in [0.25, 0.3) is 27.5 Å². The zero-order chi connectivity index (χ0) is 46.8. The summed E-state index contributed by atoms with van der Waals surface area (Å²) < 4.78 is 63.0. The van der Waals surface area contributed by atoms with Crippen molar-refractivity contribution in [3.8, 4) is 22.6 Å². The Hall–Kier alpha value is -5.20. The third-order valence-corrected chi connectivity index (χ3v) is 9.87. The number of allylic oxidation sites excluding steroid dienone is 3. The molecule has 8 nitrogen and oxygen atoms in total. The van der Waals surface area contributed by atoms with E-state index in [0.29, 0.717) is 11.1 Å². The zero-order valence-electron chi connectivity index (χ0n) is 38.1. The van der Waals surface area contributed by atoms with Crippen molar-refractivity contribution < 1.29 is 46.5 Å². The molecule has 4 aromatic carbocycles. The molecule has 1 heterocycles. The number of morpholine rings is 1. The Kier molecular flexibility index (Phi) is 25.8. The summed E-state index contributed by atoms with van der Waals surface area (Å²) in [6.45, 7) is 21.2. The van der Waals surface area contributed by atoms with Crippen LogP contribution in [0.1, 0.15) is 106 Å². The van der Waals surface area contributed by atoms with Gasteiger partial charge < -0.3 is 25.1 Å². The molecular weight excluding hydrogens is 801 g/mol. The van der Waals surface area contributed by atoms with Gasteiger partial charge in [-0.05, 0) is 89.4 Å². The number of benzene rings is 4. The second-order valence-corrected chi connectivity index (χ2v) is 14.8. The maximum absolute atomic E-state index is 13.4. The smallest absolute Gasteiger partial charge is 0.388 e. The van der Waals surface area contributed by atoms with Crippen LogP contribution in [0.4, 0.5) is 17.6 Å². The lowest BCUT2D eigenvalue weighted by Gasteiger charge is -2.27. The first-order chi connectivity index (χ1) is 29.5. The number of ether oxygens (including phenoxy) is 3. The maximum atomic E-state index is 13.4. The summed E-state index contributed by atoms with van der Waals surface area (Å²) in [5, 5.41) is 9.43. The number of hydrogen-bond acceptors (Lipinski definition) is 6. The van der Waals surface area contributed by atoms with Gasteiger partial charge in [0.15, 0.2) is 0 Å². The first-order valence-corrected chi connectivity index (χ1v) is 21.1. The number of fused-ring (bicyclic) bond motifs is 1. The normalized spacial score (nSPS) is 12.9. The highest BCUT2D eigenvalue weighted by Crippen LogP contribution is 2.43. The molecular formula is C50H68F4N2O6. The first kappa shape index (κ1) is 54.8. The van der Waals surface area contributed by atoms with Gasteiger partial charge in [0.2, 0.25) is 0 Å². The molecule has 4 aromatic rings. The highest BCUT2D eigenvalue weighted by Gasteiger charge is 2.23. The van der Waals surface area contributed by atoms with Crippen molar-refractivity contribution in [1.29, 1.82) is 0 Å². The number of halogens is 4. The summed E-state index contributed by atoms with van der Waals surface area (Å²) >= 11 is 0. The highest BCUT2D eigenvalue weighted by molar-refractivity contribution is 6.01. The molecule has 0 bridgehead atoms. The number of unbranched alkanes of at least 4 members (excludes halogenated alkanes) is 1. The quantitative estimate of drug-likeness (QED) is 0.0782. The minimum atomic E-state index is -3.96. The van der Waals surface area contributed by atoms with E-state index in [1.165, 1.54) is 47.2 Å². The molecule has 62 heavy (non-hydrogen) atoms. The molecule has 5 rings (SSSR count). The van der Waals surface area contributed by atoms with Gasteiger partial charge >= 0.3 is 6.18 Å². The van der Waals surface area contributed by atoms with E-state index in [0.717, 1.165) is 86.7 Å². The first-order valence-electron chi connectivity index (χ1n) is 21.1. The van der Waals surface area contributed by atoms with Crippen LogP contribution in [0.2, 0.25) is 0 Å². The fourth-order valence-corrected chi connectivity index (χ4v) is 6.35. The standard InChI is InChI=1S/C26H31NO3.C11H12FNO.C9H18.C3H5F3.CH2O2/c1-4-7-20-8-5-10-22-21(20)9-6-11-23(22)26-24(28-2)16-19(17-25(26)29-3)18-27-12-14-30-15-13-27;1-6(2)8-4-7(3)10(11(13)14)9(12)5-8;1-4-6-7-8-9(3)5-2;1-2-3(4,5)6;2-1-3/h5-6,8-11,16-17H,4,7,12-15,18H2,1-3H3;4-5H,1H2,2-3H3,(H2,13,14);7-9H,4-6H2,1-3H3;2H2,1H3;1H,(H,2,3)/b;;8-7-;;. The van der Waals surface area contributed by atoms with Crippen LogP contribution in [0.5, 0.6) is 11.5 Å². The number of amides is 1. The molecule has 0 spiro atoms. The largest absolute Gasteiger partial charge is 0.496 e. The molecule has 1 aliphatic rings. The third-order valence-electron chi connectivity index (χ3n) is 9.87. The topological polar surface area (TPSA) is 111 Å². The van der Waals surface area contributed by atoms with Crippen molar-refractivity contribution in [1.82, 2.24) is 4.90 Å². The number of alkyl halides is 3. The molecule has 0 aromatic heterocycles. The number of carbonyl (C=O) groups is 2. The van der Waals surface area contributed by atoms with Gasteiger partial charge in [0.25, 0.3) is 12.4 Å². The van der Waals surface area contributed by atoms with Gasteiger partial charge in [-0.25, -0.2) is 4.39 Å². The van der Waals surface area contributed by atoms with E-state index in [1.54, 1.807) is 34.1 Å². The Morgan fingerprint density at radius 1 is 0.968 bits per heavy atom. The minimum Gasteiger partial charge on any atom is -0.496 e. The maximum Gasteiger partial charge on any atom is 0.388 e. The summed E-state index contributed by atoms with van der Waals surface area (Å²) in [4.78, 5) is 21.7. The molecule has 1 saturated heterocycles. The van der Waals surface area contributed by atoms with Crippen molar-refractivity contribution in [2.45, 2.75) is 99.7 Å². The lowest BCUT2D eigenvalue weighted by atomic mass is 9.92. The van der Waals surface area contributed by atoms with Crippen molar-refractivity contribution in [2.24, 2.45) is 11.7 Å². The molecule has 12 heteroatoms. The minimum absolute atomic E-state index is 0.0463. The summed E-state index contributed by atoms with van der Waals surface area (Å²) in [7, 11) is 3.48. The van der Waals surface area contributed by atoms with Gasteiger partial charge in [0.1, 0.15) is 17.3 Å². The van der Waals surface area contributed by atoms with Gasteiger partial charge in [0, 0.05) is 26.1 Å². The van der Waals surface area contributed by atoms with E-state index in [4.69, 9.17) is 29.8 Å². The van der Waals surface area contributed by atoms with E-state index in [9.17, 15) is 22.4 Å². The van der Waals surface area contributed by atoms with Gasteiger partial charge in [-0.1, -0.05) is 121 Å². The van der Waals surface area contributed by atoms with Gasteiger partial charge in [-0.3, -0.25) is 14.5 Å². The number of carbonyl (C=O) groups excluding carboxylic acids is 1. The monoisotopic (exact) mass is 869 g/mol. The summed E-state index contributed by atoms with van der Waals surface area (Å²) in [5.41, 5.74) is 11.7. The third kappa shape index (κ3) is 18.8. The van der Waals surface area contributed by atoms with E-state index in [1.807, 2.05) is 0 Å². The van der Waals surface area contributed by atoms with Crippen LogP contribution in [0, 0.1) is 18.7 Å². The number of methoxy groups -OCH3 is 2. The predicted molar refractivity (Wildman–Crippen MR) is 245 cm³/mol. The van der Waals surface area contributed by atoms with Crippen LogP contribution < -0.4 is 15.2 Å². The Labute approximate surface area is 366 Å². The van der Waals surface area contributed by atoms with E-state index in [2.05, 4.69) is 99.9 Å². The van der Waals surface area contributed by atoms with E-state index >= 15 is 0 Å². The van der Waals surface area contributed by atoms with Gasteiger partial charge in [-0.2, -0.15) is 13.2 Å². The predicted octanol–water partition coefficient (Wildman–Crippen LogP) is 12.6. The van der Waals surface area contributed by atoms with Crippen molar-refractivity contribution in [3.63, 3.8) is 0 Å². The molecule has 1 fully saturated rings. The molecule has 0 radical (unpaired) electrons. The van der Waals surface area contributed by atoms with Crippen LogP contribution >= 0.6 is 0 Å². The fraction of sp³-hybridized carbons (Fsp3) is 0.440. The van der Waals surface area contributed by atoms with Crippen LogP contribution in [0.15, 0.2) is 79.4 Å². The lowest BCUT2D eigenvalue weighted by molar-refractivity contribution is -0.130. The number of nitrogens with zero attached hydrogens (tertiary/aromatic N) is 1. The van der Waals surface area contributed by atoms with Crippen LogP contribution in [-0.4, -0.2) is 69.1 Å². The Balaban J connectivity index is 0.000000495. The van der Waals surface area contributed by atoms with Crippen molar-refractivity contribution >= 4 is 28.7 Å². The molecule has 1 unspecified atom stereocenters. The highest BCUT2D eigenvalue weighted by atomic mass is 19.4. The summed E-state index contributed by atoms with van der Waals surface area (Å²) in [5.74, 6) is 1.15. The second-order valence-electron chi connectivity index (χ2n) is 14.8. The Morgan fingerprint density at radius 3 is 2.00 bits per heavy atom. The molecule has 1 amide bonds. The molecule has 1 atom stereocenters. The van der Waals surface area contributed by atoms with Gasteiger partial charge in [0.05, 0.1) is 38.6 Å². The number of carboxylic acid groups (broad SMARTS) is 1. The fourth-order valence-electron chi connectivity index (χ4n) is 6.35. The average molecular weight is 869 g/mol. The Bertz CT molecular complexity index is 1960. The molecule has 3 N–H and O–H groups in total. The van der Waals surface area contributed by atoms with E-state index in [-0.39, 0.29) is 12.0 Å². The Morgan fingerprint density at radius 2 is 1.53 bits per heavy atom. The number of aryl methyl sites for hydroxylation is 2. The second kappa shape index (κ2) is 29.2. The van der Waals surface area contributed by atoms with Crippen molar-refractivity contribution in [3.05, 3.63) is 113 Å². The molecule has 0 saturated carbocycles. The van der Waals surface area contributed by atoms with Crippen LogP contribution in [-0.2, 0) is 22.5 Å². The zero-order valence-corrected chi connectivity index (χ0v) is 38.1. The lowest BCUT2D eigenvalue weighted by Crippen LogP contribution is -2.35.